The van der Waals surface area contributed by atoms with Crippen molar-refractivity contribution in [3.8, 4) is 22.8 Å². The molecular formula is C21H15F4N5O. The normalized spacial score (nSPS) is 11.5. The van der Waals surface area contributed by atoms with Gasteiger partial charge in [0.15, 0.2) is 5.65 Å². The van der Waals surface area contributed by atoms with Crippen LogP contribution >= 0.6 is 0 Å². The molecule has 4 aromatic rings. The minimum Gasteiger partial charge on any atom is -0.457 e. The number of anilines is 2. The number of nitrogens with zero attached hydrogens (tertiary/aromatic N) is 3. The molecule has 2 aromatic heterocycles. The van der Waals surface area contributed by atoms with Gasteiger partial charge in [-0.05, 0) is 36.4 Å². The smallest absolute Gasteiger partial charge is 0.417 e. The quantitative estimate of drug-likeness (QED) is 0.430. The van der Waals surface area contributed by atoms with Gasteiger partial charge in [-0.3, -0.25) is 0 Å². The van der Waals surface area contributed by atoms with Crippen molar-refractivity contribution in [2.75, 3.05) is 18.1 Å². The second-order valence-corrected chi connectivity index (χ2v) is 6.48. The molecule has 2 heterocycles. The van der Waals surface area contributed by atoms with Gasteiger partial charge in [-0.2, -0.15) is 23.1 Å². The third-order valence-electron chi connectivity index (χ3n) is 4.43. The molecule has 0 spiro atoms. The first-order chi connectivity index (χ1) is 14.8. The topological polar surface area (TPSA) is 86.0 Å². The Hall–Kier alpha value is -3.95. The number of aromatic nitrogens is 3. The molecule has 0 aliphatic carbocycles. The number of fused-ring (bicyclic) bond motifs is 1. The predicted octanol–water partition coefficient (Wildman–Crippen LogP) is 5.27. The lowest BCUT2D eigenvalue weighted by Crippen LogP contribution is -2.09. The molecule has 0 saturated heterocycles. The lowest BCUT2D eigenvalue weighted by Gasteiger charge is -2.17. The lowest BCUT2D eigenvalue weighted by atomic mass is 10.0. The monoisotopic (exact) mass is 429 g/mol. The number of nitrogen functional groups attached to an aromatic ring is 1. The van der Waals surface area contributed by atoms with Crippen LogP contribution in [0.25, 0.3) is 22.3 Å². The highest BCUT2D eigenvalue weighted by Crippen LogP contribution is 2.43. The number of hydrogen-bond donors (Lipinski definition) is 2. The molecule has 0 radical (unpaired) electrons. The predicted molar refractivity (Wildman–Crippen MR) is 108 cm³/mol. The van der Waals surface area contributed by atoms with Crippen LogP contribution < -0.4 is 15.8 Å². The van der Waals surface area contributed by atoms with Gasteiger partial charge in [0.1, 0.15) is 23.1 Å². The van der Waals surface area contributed by atoms with Crippen LogP contribution in [-0.4, -0.2) is 22.0 Å². The molecule has 158 valence electrons. The molecule has 0 bridgehead atoms. The summed E-state index contributed by atoms with van der Waals surface area (Å²) in [5.74, 6) is -0.362. The molecule has 0 saturated carbocycles. The fourth-order valence-corrected chi connectivity index (χ4v) is 3.13. The van der Waals surface area contributed by atoms with Crippen LogP contribution in [-0.2, 0) is 6.18 Å². The van der Waals surface area contributed by atoms with E-state index in [2.05, 4.69) is 20.3 Å². The summed E-state index contributed by atoms with van der Waals surface area (Å²) in [4.78, 5) is 12.4. The Bertz CT molecular complexity index is 1280. The first-order valence-electron chi connectivity index (χ1n) is 9.02. The van der Waals surface area contributed by atoms with Crippen LogP contribution in [0, 0.1) is 5.82 Å². The summed E-state index contributed by atoms with van der Waals surface area (Å²) in [7, 11) is 1.62. The van der Waals surface area contributed by atoms with Gasteiger partial charge in [0.25, 0.3) is 0 Å². The van der Waals surface area contributed by atoms with Crippen LogP contribution in [0.1, 0.15) is 5.56 Å². The third kappa shape index (κ3) is 4.04. The molecule has 0 aliphatic rings. The summed E-state index contributed by atoms with van der Waals surface area (Å²) in [5, 5.41) is 3.33. The number of pyridine rings is 1. The average molecular weight is 429 g/mol. The minimum atomic E-state index is -4.69. The van der Waals surface area contributed by atoms with Gasteiger partial charge in [-0.15, -0.1) is 0 Å². The van der Waals surface area contributed by atoms with Crippen LogP contribution in [0.4, 0.5) is 29.3 Å². The Morgan fingerprint density at radius 2 is 1.74 bits per heavy atom. The Morgan fingerprint density at radius 1 is 0.968 bits per heavy atom. The zero-order valence-corrected chi connectivity index (χ0v) is 16.0. The Kier molecular flexibility index (Phi) is 5.05. The number of nitrogens with two attached hydrogens (primary N) is 1. The van der Waals surface area contributed by atoms with Gasteiger partial charge in [-0.25, -0.2) is 9.37 Å². The highest BCUT2D eigenvalue weighted by Gasteiger charge is 2.36. The maximum absolute atomic E-state index is 13.8. The highest BCUT2D eigenvalue weighted by atomic mass is 19.4. The van der Waals surface area contributed by atoms with Gasteiger partial charge in [0.05, 0.1) is 22.2 Å². The SMILES string of the molecule is CNc1nc(N)nc2nc(-c3c(Oc4cccc(F)c4)cccc3C(F)(F)F)ccc12. The summed E-state index contributed by atoms with van der Waals surface area (Å²) in [6.45, 7) is 0. The van der Waals surface area contributed by atoms with Crippen LogP contribution in [0.5, 0.6) is 11.5 Å². The largest absolute Gasteiger partial charge is 0.457 e. The molecule has 3 N–H and O–H groups in total. The minimum absolute atomic E-state index is 0.0352. The van der Waals surface area contributed by atoms with E-state index in [1.54, 1.807) is 13.1 Å². The molecule has 0 unspecified atom stereocenters. The van der Waals surface area contributed by atoms with Crippen molar-refractivity contribution >= 4 is 22.8 Å². The van der Waals surface area contributed by atoms with E-state index in [1.165, 1.54) is 36.4 Å². The van der Waals surface area contributed by atoms with E-state index in [1.807, 2.05) is 0 Å². The molecule has 31 heavy (non-hydrogen) atoms. The Labute approximate surface area is 173 Å². The van der Waals surface area contributed by atoms with E-state index in [-0.39, 0.29) is 34.4 Å². The second-order valence-electron chi connectivity index (χ2n) is 6.48. The van der Waals surface area contributed by atoms with E-state index in [9.17, 15) is 17.6 Å². The Morgan fingerprint density at radius 3 is 2.45 bits per heavy atom. The van der Waals surface area contributed by atoms with Crippen LogP contribution in [0.15, 0.2) is 54.6 Å². The molecule has 0 amide bonds. The van der Waals surface area contributed by atoms with Gasteiger partial charge in [0, 0.05) is 13.1 Å². The summed E-state index contributed by atoms with van der Waals surface area (Å²) in [5.41, 5.74) is 4.51. The molecule has 0 aliphatic heterocycles. The second kappa shape index (κ2) is 7.71. The van der Waals surface area contributed by atoms with E-state index in [0.29, 0.717) is 11.2 Å². The summed E-state index contributed by atoms with van der Waals surface area (Å²) in [6, 6.07) is 11.6. The standard InChI is InChI=1S/C21H15F4N5O/c1-27-18-13-8-9-15(28-19(13)30-20(26)29-18)17-14(21(23,24)25)6-3-7-16(17)31-12-5-2-4-11(22)10-12/h2-10H,1H3,(H3,26,27,28,29,30). The maximum atomic E-state index is 13.8. The zero-order chi connectivity index (χ0) is 22.2. The number of rotatable bonds is 4. The van der Waals surface area contributed by atoms with Gasteiger partial charge < -0.3 is 15.8 Å². The third-order valence-corrected chi connectivity index (χ3v) is 4.43. The van der Waals surface area contributed by atoms with E-state index >= 15 is 0 Å². The van der Waals surface area contributed by atoms with E-state index in [4.69, 9.17) is 10.5 Å². The average Bonchev–Trinajstić information content (AvgIpc) is 2.72. The highest BCUT2D eigenvalue weighted by molar-refractivity contribution is 5.89. The van der Waals surface area contributed by atoms with E-state index in [0.717, 1.165) is 12.1 Å². The first kappa shape index (κ1) is 20.3. The zero-order valence-electron chi connectivity index (χ0n) is 16.0. The van der Waals surface area contributed by atoms with E-state index < -0.39 is 17.6 Å². The Balaban J connectivity index is 1.94. The molecular weight excluding hydrogens is 414 g/mol. The fraction of sp³-hybridized carbons (Fsp3) is 0.0952. The van der Waals surface area contributed by atoms with Gasteiger partial charge in [0.2, 0.25) is 5.95 Å². The van der Waals surface area contributed by atoms with Crippen LogP contribution in [0.2, 0.25) is 0 Å². The van der Waals surface area contributed by atoms with Crippen molar-refractivity contribution in [1.82, 2.24) is 15.0 Å². The summed E-state index contributed by atoms with van der Waals surface area (Å²) in [6.07, 6.45) is -4.69. The van der Waals surface area contributed by atoms with Crippen molar-refractivity contribution in [2.24, 2.45) is 0 Å². The number of halogens is 4. The number of hydrogen-bond acceptors (Lipinski definition) is 6. The van der Waals surface area contributed by atoms with Crippen molar-refractivity contribution in [3.63, 3.8) is 0 Å². The lowest BCUT2D eigenvalue weighted by molar-refractivity contribution is -0.137. The van der Waals surface area contributed by atoms with Crippen molar-refractivity contribution in [3.05, 3.63) is 66.0 Å². The fourth-order valence-electron chi connectivity index (χ4n) is 3.13. The molecule has 2 aromatic carbocycles. The summed E-state index contributed by atoms with van der Waals surface area (Å²) >= 11 is 0. The summed E-state index contributed by atoms with van der Waals surface area (Å²) < 4.78 is 60.6. The van der Waals surface area contributed by atoms with Crippen molar-refractivity contribution in [1.29, 1.82) is 0 Å². The van der Waals surface area contributed by atoms with Gasteiger partial charge >= 0.3 is 6.18 Å². The molecule has 10 heteroatoms. The number of alkyl halides is 3. The molecule has 4 rings (SSSR count). The van der Waals surface area contributed by atoms with Crippen molar-refractivity contribution < 1.29 is 22.3 Å². The van der Waals surface area contributed by atoms with Crippen molar-refractivity contribution in [2.45, 2.75) is 6.18 Å². The number of nitrogens with one attached hydrogen (secondary N) is 1. The van der Waals surface area contributed by atoms with Gasteiger partial charge in [-0.1, -0.05) is 12.1 Å². The first-order valence-corrected chi connectivity index (χ1v) is 9.02. The molecule has 6 nitrogen and oxygen atoms in total. The van der Waals surface area contributed by atoms with Crippen LogP contribution in [0.3, 0.4) is 0 Å². The maximum Gasteiger partial charge on any atom is 0.417 e. The number of ether oxygens (including phenoxy) is 1. The molecule has 0 fully saturated rings. The number of benzene rings is 2. The molecule has 0 atom stereocenters.